The average molecular weight is 249 g/mol. The van der Waals surface area contributed by atoms with Gasteiger partial charge in [-0.1, -0.05) is 52.9 Å². The van der Waals surface area contributed by atoms with E-state index >= 15 is 0 Å². The van der Waals surface area contributed by atoms with Gasteiger partial charge in [0.1, 0.15) is 4.87 Å². The van der Waals surface area contributed by atoms with Crippen LogP contribution < -0.4 is 0 Å². The quantitative estimate of drug-likeness (QED) is 0.612. The van der Waals surface area contributed by atoms with Crippen LogP contribution in [0, 0.1) is 5.92 Å². The highest BCUT2D eigenvalue weighted by atomic mass is 35.5. The van der Waals surface area contributed by atoms with Crippen molar-refractivity contribution in [3.8, 4) is 0 Å². The molecule has 0 radical (unpaired) electrons. The number of carboxylic acid groups (broad SMARTS) is 1. The van der Waals surface area contributed by atoms with Gasteiger partial charge in [-0.15, -0.1) is 11.6 Å². The van der Waals surface area contributed by atoms with Crippen LogP contribution in [0.1, 0.15) is 65.7 Å². The Morgan fingerprint density at radius 1 is 1.31 bits per heavy atom. The number of halogens is 1. The molecule has 3 heteroatoms. The standard InChI is InChI=1S/C13H25ClO2/c1-4-7-8-11(6-3)10-13(14,9-5-2)12(15)16/h11H,4-10H2,1-3H3,(H,15,16). The van der Waals surface area contributed by atoms with Crippen LogP contribution in [0.15, 0.2) is 0 Å². The average Bonchev–Trinajstić information content (AvgIpc) is 2.24. The molecule has 0 amide bonds. The lowest BCUT2D eigenvalue weighted by molar-refractivity contribution is -0.141. The lowest BCUT2D eigenvalue weighted by Crippen LogP contribution is -2.34. The van der Waals surface area contributed by atoms with E-state index in [9.17, 15) is 9.90 Å². The van der Waals surface area contributed by atoms with E-state index in [0.717, 1.165) is 32.1 Å². The smallest absolute Gasteiger partial charge is 0.324 e. The molecule has 0 aliphatic rings. The number of unbranched alkanes of at least 4 members (excludes halogenated alkanes) is 1. The van der Waals surface area contributed by atoms with Crippen LogP contribution in [0.2, 0.25) is 0 Å². The van der Waals surface area contributed by atoms with E-state index in [1.165, 1.54) is 0 Å². The molecule has 0 aromatic carbocycles. The van der Waals surface area contributed by atoms with Gasteiger partial charge < -0.3 is 5.11 Å². The fourth-order valence-electron chi connectivity index (χ4n) is 2.09. The van der Waals surface area contributed by atoms with Gasteiger partial charge in [0, 0.05) is 0 Å². The van der Waals surface area contributed by atoms with Crippen LogP contribution in [0.3, 0.4) is 0 Å². The number of hydrogen-bond donors (Lipinski definition) is 1. The summed E-state index contributed by atoms with van der Waals surface area (Å²) in [6.45, 7) is 6.25. The van der Waals surface area contributed by atoms with Gasteiger partial charge in [-0.2, -0.15) is 0 Å². The van der Waals surface area contributed by atoms with Crippen molar-refractivity contribution in [2.75, 3.05) is 0 Å². The summed E-state index contributed by atoms with van der Waals surface area (Å²) in [4.78, 5) is 10.2. The minimum Gasteiger partial charge on any atom is -0.480 e. The van der Waals surface area contributed by atoms with E-state index in [-0.39, 0.29) is 0 Å². The third-order valence-corrected chi connectivity index (χ3v) is 3.69. The molecule has 16 heavy (non-hydrogen) atoms. The lowest BCUT2D eigenvalue weighted by atomic mass is 9.86. The van der Waals surface area contributed by atoms with Crippen LogP contribution in [0.4, 0.5) is 0 Å². The molecule has 0 fully saturated rings. The van der Waals surface area contributed by atoms with Crippen molar-refractivity contribution in [2.24, 2.45) is 5.92 Å². The molecular weight excluding hydrogens is 224 g/mol. The van der Waals surface area contributed by atoms with Crippen molar-refractivity contribution in [1.82, 2.24) is 0 Å². The third kappa shape index (κ3) is 5.20. The number of carbonyl (C=O) groups is 1. The molecule has 2 atom stereocenters. The fourth-order valence-corrected chi connectivity index (χ4v) is 2.50. The molecule has 0 aromatic rings. The minimum absolute atomic E-state index is 0.445. The molecule has 96 valence electrons. The normalized spacial score (nSPS) is 16.8. The zero-order valence-electron chi connectivity index (χ0n) is 10.8. The minimum atomic E-state index is -1.04. The summed E-state index contributed by atoms with van der Waals surface area (Å²) in [7, 11) is 0. The molecule has 0 spiro atoms. The van der Waals surface area contributed by atoms with Gasteiger partial charge in [-0.25, -0.2) is 0 Å². The van der Waals surface area contributed by atoms with Crippen molar-refractivity contribution in [3.63, 3.8) is 0 Å². The number of aliphatic carboxylic acids is 1. The summed E-state index contributed by atoms with van der Waals surface area (Å²) in [5, 5.41) is 9.20. The highest BCUT2D eigenvalue weighted by molar-refractivity contribution is 6.33. The molecule has 0 aliphatic heterocycles. The van der Waals surface area contributed by atoms with Crippen molar-refractivity contribution >= 4 is 17.6 Å². The number of alkyl halides is 1. The second-order valence-electron chi connectivity index (χ2n) is 4.64. The van der Waals surface area contributed by atoms with E-state index in [2.05, 4.69) is 13.8 Å². The van der Waals surface area contributed by atoms with Crippen LogP contribution in [0.5, 0.6) is 0 Å². The van der Waals surface area contributed by atoms with Crippen molar-refractivity contribution in [1.29, 1.82) is 0 Å². The molecule has 0 aliphatic carbocycles. The second kappa shape index (κ2) is 7.94. The van der Waals surface area contributed by atoms with Crippen LogP contribution >= 0.6 is 11.6 Å². The van der Waals surface area contributed by atoms with E-state index in [0.29, 0.717) is 18.8 Å². The van der Waals surface area contributed by atoms with Gasteiger partial charge in [0.05, 0.1) is 0 Å². The summed E-state index contributed by atoms with van der Waals surface area (Å²) in [6.07, 6.45) is 6.43. The van der Waals surface area contributed by atoms with E-state index < -0.39 is 10.8 Å². The number of hydrogen-bond acceptors (Lipinski definition) is 1. The summed E-state index contributed by atoms with van der Waals surface area (Å²) in [6, 6.07) is 0. The maximum Gasteiger partial charge on any atom is 0.324 e. The van der Waals surface area contributed by atoms with Crippen molar-refractivity contribution < 1.29 is 9.90 Å². The number of carboxylic acids is 1. The Labute approximate surface area is 104 Å². The van der Waals surface area contributed by atoms with Crippen molar-refractivity contribution in [3.05, 3.63) is 0 Å². The third-order valence-electron chi connectivity index (χ3n) is 3.19. The summed E-state index contributed by atoms with van der Waals surface area (Å²) in [5.74, 6) is -0.411. The molecule has 1 N–H and O–H groups in total. The first-order valence-electron chi connectivity index (χ1n) is 6.42. The van der Waals surface area contributed by atoms with Gasteiger partial charge >= 0.3 is 5.97 Å². The maximum absolute atomic E-state index is 11.2. The Morgan fingerprint density at radius 3 is 2.31 bits per heavy atom. The van der Waals surface area contributed by atoms with Crippen LogP contribution in [-0.2, 0) is 4.79 Å². The Balaban J connectivity index is 4.40. The second-order valence-corrected chi connectivity index (χ2v) is 5.36. The van der Waals surface area contributed by atoms with Gasteiger partial charge in [0.15, 0.2) is 0 Å². The maximum atomic E-state index is 11.2. The Morgan fingerprint density at radius 2 is 1.94 bits per heavy atom. The topological polar surface area (TPSA) is 37.3 Å². The van der Waals surface area contributed by atoms with E-state index in [1.54, 1.807) is 0 Å². The first kappa shape index (κ1) is 15.8. The highest BCUT2D eigenvalue weighted by Crippen LogP contribution is 2.33. The Kier molecular flexibility index (Phi) is 7.82. The Bertz CT molecular complexity index is 206. The largest absolute Gasteiger partial charge is 0.480 e. The predicted octanol–water partition coefficient (Wildman–Crippen LogP) is 4.46. The van der Waals surface area contributed by atoms with Crippen LogP contribution in [-0.4, -0.2) is 16.0 Å². The van der Waals surface area contributed by atoms with Gasteiger partial charge in [0.2, 0.25) is 0 Å². The monoisotopic (exact) mass is 248 g/mol. The SMILES string of the molecule is CCCCC(CC)CC(Cl)(CCC)C(=O)O. The van der Waals surface area contributed by atoms with Gasteiger partial charge in [0.25, 0.3) is 0 Å². The summed E-state index contributed by atoms with van der Waals surface area (Å²) >= 11 is 6.23. The molecule has 2 nitrogen and oxygen atoms in total. The molecule has 0 rings (SSSR count). The van der Waals surface area contributed by atoms with Gasteiger partial charge in [-0.05, 0) is 18.8 Å². The highest BCUT2D eigenvalue weighted by Gasteiger charge is 2.36. The molecule has 0 heterocycles. The van der Waals surface area contributed by atoms with E-state index in [4.69, 9.17) is 11.6 Å². The molecule has 0 aromatic heterocycles. The first-order valence-corrected chi connectivity index (χ1v) is 6.80. The molecule has 0 bridgehead atoms. The van der Waals surface area contributed by atoms with Crippen LogP contribution in [0.25, 0.3) is 0 Å². The first-order chi connectivity index (χ1) is 7.50. The zero-order valence-corrected chi connectivity index (χ0v) is 11.5. The molecule has 0 saturated heterocycles. The number of rotatable bonds is 9. The molecule has 0 saturated carbocycles. The summed E-state index contributed by atoms with van der Waals surface area (Å²) in [5.41, 5.74) is 0. The summed E-state index contributed by atoms with van der Waals surface area (Å²) < 4.78 is 0. The predicted molar refractivity (Wildman–Crippen MR) is 69.1 cm³/mol. The zero-order chi connectivity index (χ0) is 12.6. The molecular formula is C13H25ClO2. The fraction of sp³-hybridized carbons (Fsp3) is 0.923. The lowest BCUT2D eigenvalue weighted by Gasteiger charge is -2.26. The van der Waals surface area contributed by atoms with E-state index in [1.807, 2.05) is 6.92 Å². The van der Waals surface area contributed by atoms with Gasteiger partial charge in [-0.3, -0.25) is 4.79 Å². The Hall–Kier alpha value is -0.240. The molecule has 2 unspecified atom stereocenters. The van der Waals surface area contributed by atoms with Crippen molar-refractivity contribution in [2.45, 2.75) is 70.6 Å².